The highest BCUT2D eigenvalue weighted by molar-refractivity contribution is 7.17. The van der Waals surface area contributed by atoms with Gasteiger partial charge < -0.3 is 9.31 Å². The molecule has 1 saturated heterocycles. The van der Waals surface area contributed by atoms with Gasteiger partial charge in [0.25, 0.3) is 0 Å². The first kappa shape index (κ1) is 12.1. The summed E-state index contributed by atoms with van der Waals surface area (Å²) < 4.78 is 13.2. The third-order valence-corrected chi connectivity index (χ3v) is 4.72. The predicted octanol–water partition coefficient (Wildman–Crippen LogP) is 2.60. The summed E-state index contributed by atoms with van der Waals surface area (Å²) in [6.45, 7) is 8.21. The molecule has 1 aliphatic heterocycles. The Bertz CT molecular complexity index is 577. The van der Waals surface area contributed by atoms with Crippen LogP contribution in [-0.4, -0.2) is 23.3 Å². The SMILES string of the molecule is CC1(C)OB(c2cc3ccsc3cn2)OC1(C)C. The van der Waals surface area contributed by atoms with Gasteiger partial charge in [-0.3, -0.25) is 4.98 Å². The molecular weight excluding hydrogens is 245 g/mol. The highest BCUT2D eigenvalue weighted by Gasteiger charge is 2.52. The Labute approximate surface area is 111 Å². The second kappa shape index (κ2) is 3.79. The summed E-state index contributed by atoms with van der Waals surface area (Å²) in [4.78, 5) is 4.45. The van der Waals surface area contributed by atoms with Crippen LogP contribution in [0.1, 0.15) is 27.7 Å². The van der Waals surface area contributed by atoms with Crippen LogP contribution in [0.2, 0.25) is 0 Å². The fourth-order valence-electron chi connectivity index (χ4n) is 1.98. The first-order valence-electron chi connectivity index (χ1n) is 6.08. The average molecular weight is 261 g/mol. The van der Waals surface area contributed by atoms with Crippen molar-refractivity contribution in [3.05, 3.63) is 23.7 Å². The molecule has 0 N–H and O–H groups in total. The van der Waals surface area contributed by atoms with Gasteiger partial charge in [-0.1, -0.05) is 0 Å². The average Bonchev–Trinajstić information content (AvgIpc) is 2.80. The molecule has 3 heterocycles. The summed E-state index contributed by atoms with van der Waals surface area (Å²) in [7, 11) is -0.376. The standard InChI is InChI=1S/C13H16BNO2S/c1-12(2)13(3,4)17-14(16-12)11-7-9-5-6-18-10(9)8-15-11/h5-8H,1-4H3. The molecular formula is C13H16BNO2S. The monoisotopic (exact) mass is 261 g/mol. The van der Waals surface area contributed by atoms with E-state index >= 15 is 0 Å². The van der Waals surface area contributed by atoms with Crippen LogP contribution in [-0.2, 0) is 9.31 Å². The van der Waals surface area contributed by atoms with Crippen molar-refractivity contribution in [3.8, 4) is 0 Å². The quantitative estimate of drug-likeness (QED) is 0.739. The van der Waals surface area contributed by atoms with Crippen molar-refractivity contribution in [1.82, 2.24) is 4.98 Å². The van der Waals surface area contributed by atoms with Gasteiger partial charge in [-0.2, -0.15) is 0 Å². The second-order valence-corrected chi connectivity index (χ2v) is 6.60. The molecule has 0 spiro atoms. The molecule has 0 saturated carbocycles. The molecule has 3 nitrogen and oxygen atoms in total. The first-order valence-corrected chi connectivity index (χ1v) is 6.96. The van der Waals surface area contributed by atoms with Crippen molar-refractivity contribution >= 4 is 34.1 Å². The Kier molecular flexibility index (Phi) is 2.56. The highest BCUT2D eigenvalue weighted by Crippen LogP contribution is 2.36. The Balaban J connectivity index is 1.96. The number of fused-ring (bicyclic) bond motifs is 1. The van der Waals surface area contributed by atoms with E-state index in [1.54, 1.807) is 11.3 Å². The smallest absolute Gasteiger partial charge is 0.398 e. The number of rotatable bonds is 1. The molecule has 0 radical (unpaired) electrons. The van der Waals surface area contributed by atoms with Crippen LogP contribution in [0.5, 0.6) is 0 Å². The molecule has 5 heteroatoms. The lowest BCUT2D eigenvalue weighted by Crippen LogP contribution is -2.41. The normalized spacial score (nSPS) is 21.7. The molecule has 0 bridgehead atoms. The van der Waals surface area contributed by atoms with Gasteiger partial charge in [0, 0.05) is 6.20 Å². The van der Waals surface area contributed by atoms with Gasteiger partial charge in [-0.15, -0.1) is 11.3 Å². The van der Waals surface area contributed by atoms with Crippen LogP contribution in [0.4, 0.5) is 0 Å². The van der Waals surface area contributed by atoms with Crippen molar-refractivity contribution in [2.45, 2.75) is 38.9 Å². The summed E-state index contributed by atoms with van der Waals surface area (Å²) in [5, 5.41) is 3.26. The Morgan fingerprint density at radius 2 is 1.83 bits per heavy atom. The van der Waals surface area contributed by atoms with Crippen LogP contribution < -0.4 is 5.59 Å². The van der Waals surface area contributed by atoms with Crippen molar-refractivity contribution in [2.75, 3.05) is 0 Å². The van der Waals surface area contributed by atoms with Gasteiger partial charge >= 0.3 is 7.12 Å². The van der Waals surface area contributed by atoms with Crippen LogP contribution in [0.3, 0.4) is 0 Å². The van der Waals surface area contributed by atoms with E-state index in [2.05, 4.69) is 44.1 Å². The van der Waals surface area contributed by atoms with Gasteiger partial charge in [0.05, 0.1) is 21.5 Å². The summed E-state index contributed by atoms with van der Waals surface area (Å²) in [6.07, 6.45) is 1.89. The zero-order valence-corrected chi connectivity index (χ0v) is 11.9. The van der Waals surface area contributed by atoms with E-state index in [0.29, 0.717) is 0 Å². The van der Waals surface area contributed by atoms with Crippen LogP contribution in [0.15, 0.2) is 23.7 Å². The minimum absolute atomic E-state index is 0.317. The molecule has 18 heavy (non-hydrogen) atoms. The van der Waals surface area contributed by atoms with Gasteiger partial charge in [0.1, 0.15) is 0 Å². The maximum absolute atomic E-state index is 5.99. The van der Waals surface area contributed by atoms with E-state index in [0.717, 1.165) is 5.59 Å². The number of aromatic nitrogens is 1. The Morgan fingerprint density at radius 1 is 1.17 bits per heavy atom. The topological polar surface area (TPSA) is 31.4 Å². The van der Waals surface area contributed by atoms with Crippen molar-refractivity contribution in [3.63, 3.8) is 0 Å². The van der Waals surface area contributed by atoms with Crippen molar-refractivity contribution in [1.29, 1.82) is 0 Å². The van der Waals surface area contributed by atoms with Gasteiger partial charge in [0.15, 0.2) is 0 Å². The summed E-state index contributed by atoms with van der Waals surface area (Å²) in [5.74, 6) is 0. The molecule has 0 aromatic carbocycles. The fourth-order valence-corrected chi connectivity index (χ4v) is 2.72. The predicted molar refractivity (Wildman–Crippen MR) is 75.3 cm³/mol. The first-order chi connectivity index (χ1) is 8.39. The Hall–Kier alpha value is -0.905. The molecule has 2 aromatic rings. The third kappa shape index (κ3) is 1.78. The van der Waals surface area contributed by atoms with E-state index in [-0.39, 0.29) is 18.3 Å². The van der Waals surface area contributed by atoms with E-state index < -0.39 is 0 Å². The Morgan fingerprint density at radius 3 is 2.50 bits per heavy atom. The number of pyridine rings is 1. The molecule has 94 valence electrons. The lowest BCUT2D eigenvalue weighted by Gasteiger charge is -2.32. The van der Waals surface area contributed by atoms with Gasteiger partial charge in [-0.05, 0) is 50.6 Å². The van der Waals surface area contributed by atoms with E-state index in [1.807, 2.05) is 12.3 Å². The molecule has 0 atom stereocenters. The molecule has 2 aromatic heterocycles. The lowest BCUT2D eigenvalue weighted by molar-refractivity contribution is 0.00578. The number of hydrogen-bond donors (Lipinski definition) is 0. The molecule has 0 aliphatic carbocycles. The lowest BCUT2D eigenvalue weighted by atomic mass is 9.84. The van der Waals surface area contributed by atoms with E-state index in [4.69, 9.17) is 9.31 Å². The summed E-state index contributed by atoms with van der Waals surface area (Å²) in [6, 6.07) is 4.14. The maximum Gasteiger partial charge on any atom is 0.514 e. The summed E-state index contributed by atoms with van der Waals surface area (Å²) in [5.41, 5.74) is 0.214. The second-order valence-electron chi connectivity index (χ2n) is 5.66. The molecule has 0 unspecified atom stereocenters. The molecule has 0 amide bonds. The molecule has 1 aliphatic rings. The minimum Gasteiger partial charge on any atom is -0.398 e. The fraction of sp³-hybridized carbons (Fsp3) is 0.462. The minimum atomic E-state index is -0.376. The zero-order valence-electron chi connectivity index (χ0n) is 11.1. The largest absolute Gasteiger partial charge is 0.514 e. The van der Waals surface area contributed by atoms with Gasteiger partial charge in [0.2, 0.25) is 0 Å². The maximum atomic E-state index is 5.99. The zero-order chi connectivity index (χ0) is 13.0. The van der Waals surface area contributed by atoms with Crippen molar-refractivity contribution < 1.29 is 9.31 Å². The molecule has 1 fully saturated rings. The highest BCUT2D eigenvalue weighted by atomic mass is 32.1. The molecule has 3 rings (SSSR count). The van der Waals surface area contributed by atoms with Crippen LogP contribution >= 0.6 is 11.3 Å². The van der Waals surface area contributed by atoms with Crippen molar-refractivity contribution in [2.24, 2.45) is 0 Å². The number of nitrogens with zero attached hydrogens (tertiary/aromatic N) is 1. The number of thiophene rings is 1. The van der Waals surface area contributed by atoms with Gasteiger partial charge in [-0.25, -0.2) is 0 Å². The van der Waals surface area contributed by atoms with Crippen LogP contribution in [0, 0.1) is 0 Å². The van der Waals surface area contributed by atoms with Crippen LogP contribution in [0.25, 0.3) is 10.1 Å². The van der Waals surface area contributed by atoms with E-state index in [1.165, 1.54) is 10.1 Å². The number of hydrogen-bond acceptors (Lipinski definition) is 4. The van der Waals surface area contributed by atoms with E-state index in [9.17, 15) is 0 Å². The summed E-state index contributed by atoms with van der Waals surface area (Å²) >= 11 is 1.69. The third-order valence-electron chi connectivity index (χ3n) is 3.86.